The van der Waals surface area contributed by atoms with Crippen molar-refractivity contribution in [3.8, 4) is 0 Å². The summed E-state index contributed by atoms with van der Waals surface area (Å²) in [5.74, 6) is 2.94. The molecule has 2 atom stereocenters. The maximum absolute atomic E-state index is 11.6. The van der Waals surface area contributed by atoms with Gasteiger partial charge in [-0.05, 0) is 37.2 Å². The largest absolute Gasteiger partial charge is 0.392 e. The minimum atomic E-state index is -0.577. The van der Waals surface area contributed by atoms with Gasteiger partial charge >= 0.3 is 0 Å². The fraction of sp³-hybridized carbons (Fsp3) is 0.909. The van der Waals surface area contributed by atoms with E-state index in [1.54, 1.807) is 6.92 Å². The van der Waals surface area contributed by atoms with Crippen LogP contribution in [0.25, 0.3) is 0 Å². The Morgan fingerprint density at radius 1 is 1.56 bits per heavy atom. The van der Waals surface area contributed by atoms with Crippen LogP contribution in [0.4, 0.5) is 0 Å². The molecule has 0 spiro atoms. The molecular formula is C11H22N2O2S. The summed E-state index contributed by atoms with van der Waals surface area (Å²) in [5, 5.41) is 12.0. The first kappa shape index (κ1) is 13.8. The van der Waals surface area contributed by atoms with Crippen molar-refractivity contribution in [3.63, 3.8) is 0 Å². The first-order chi connectivity index (χ1) is 7.59. The van der Waals surface area contributed by atoms with Crippen molar-refractivity contribution in [2.24, 2.45) is 11.7 Å². The number of carbonyl (C=O) groups excluding carboxylic acids is 1. The molecule has 0 saturated carbocycles. The van der Waals surface area contributed by atoms with E-state index < -0.39 is 6.10 Å². The van der Waals surface area contributed by atoms with Gasteiger partial charge in [0, 0.05) is 19.0 Å². The number of carbonyl (C=O) groups is 1. The lowest BCUT2D eigenvalue weighted by molar-refractivity contribution is -0.122. The molecular weight excluding hydrogens is 224 g/mol. The average molecular weight is 246 g/mol. The second kappa shape index (κ2) is 7.14. The lowest BCUT2D eigenvalue weighted by Crippen LogP contribution is -2.44. The van der Waals surface area contributed by atoms with E-state index in [-0.39, 0.29) is 11.9 Å². The van der Waals surface area contributed by atoms with Crippen LogP contribution in [0, 0.1) is 5.92 Å². The normalized spacial score (nSPS) is 21.4. The van der Waals surface area contributed by atoms with E-state index in [0.717, 1.165) is 12.8 Å². The summed E-state index contributed by atoms with van der Waals surface area (Å²) in [6.07, 6.45) is 2.31. The second-order valence-corrected chi connectivity index (χ2v) is 5.69. The van der Waals surface area contributed by atoms with Gasteiger partial charge in [0.25, 0.3) is 0 Å². The van der Waals surface area contributed by atoms with Crippen molar-refractivity contribution >= 4 is 17.7 Å². The summed E-state index contributed by atoms with van der Waals surface area (Å²) in [7, 11) is 0. The Hall–Kier alpha value is -0.260. The minimum absolute atomic E-state index is 0.0630. The van der Waals surface area contributed by atoms with Crippen LogP contribution in [0.5, 0.6) is 0 Å². The van der Waals surface area contributed by atoms with E-state index in [2.05, 4.69) is 5.32 Å². The number of aliphatic hydroxyl groups excluding tert-OH is 1. The van der Waals surface area contributed by atoms with Gasteiger partial charge in [0.1, 0.15) is 0 Å². The molecule has 4 N–H and O–H groups in total. The Labute approximate surface area is 101 Å². The van der Waals surface area contributed by atoms with E-state index in [1.165, 1.54) is 11.5 Å². The highest BCUT2D eigenvalue weighted by Gasteiger charge is 2.18. The molecule has 0 bridgehead atoms. The van der Waals surface area contributed by atoms with Gasteiger partial charge in [0.2, 0.25) is 5.91 Å². The molecule has 1 heterocycles. The lowest BCUT2D eigenvalue weighted by Gasteiger charge is -2.21. The van der Waals surface area contributed by atoms with Crippen molar-refractivity contribution in [3.05, 3.63) is 0 Å². The fourth-order valence-corrected chi connectivity index (χ4v) is 2.89. The van der Waals surface area contributed by atoms with Crippen molar-refractivity contribution < 1.29 is 9.90 Å². The van der Waals surface area contributed by atoms with Gasteiger partial charge in [-0.2, -0.15) is 11.8 Å². The third-order valence-electron chi connectivity index (χ3n) is 2.97. The summed E-state index contributed by atoms with van der Waals surface area (Å²) < 4.78 is 0. The maximum atomic E-state index is 11.6. The zero-order chi connectivity index (χ0) is 12.0. The van der Waals surface area contributed by atoms with Gasteiger partial charge in [0.05, 0.1) is 6.10 Å². The van der Waals surface area contributed by atoms with Crippen LogP contribution >= 0.6 is 11.8 Å². The van der Waals surface area contributed by atoms with E-state index in [1.807, 2.05) is 11.8 Å². The molecule has 0 aromatic heterocycles. The Kier molecular flexibility index (Phi) is 6.16. The van der Waals surface area contributed by atoms with Crippen molar-refractivity contribution in [1.29, 1.82) is 0 Å². The van der Waals surface area contributed by atoms with Crippen LogP contribution in [-0.4, -0.2) is 41.2 Å². The first-order valence-electron chi connectivity index (χ1n) is 5.87. The molecule has 0 aromatic carbocycles. The molecule has 4 nitrogen and oxygen atoms in total. The van der Waals surface area contributed by atoms with Gasteiger partial charge in [-0.15, -0.1) is 0 Å². The van der Waals surface area contributed by atoms with Gasteiger partial charge in [0.15, 0.2) is 0 Å². The fourth-order valence-electron chi connectivity index (χ4n) is 1.69. The highest BCUT2D eigenvalue weighted by Crippen LogP contribution is 2.24. The second-order valence-electron chi connectivity index (χ2n) is 4.47. The summed E-state index contributed by atoms with van der Waals surface area (Å²) in [6, 6.07) is -0.370. The summed E-state index contributed by atoms with van der Waals surface area (Å²) in [4.78, 5) is 11.6. The van der Waals surface area contributed by atoms with Crippen LogP contribution in [0.3, 0.4) is 0 Å². The number of aliphatic hydroxyl groups is 1. The molecule has 5 heteroatoms. The maximum Gasteiger partial charge on any atom is 0.220 e. The monoisotopic (exact) mass is 246 g/mol. The van der Waals surface area contributed by atoms with Crippen molar-refractivity contribution in [2.75, 3.05) is 18.1 Å². The number of nitrogens with two attached hydrogens (primary N) is 1. The van der Waals surface area contributed by atoms with E-state index >= 15 is 0 Å². The van der Waals surface area contributed by atoms with E-state index in [4.69, 9.17) is 5.73 Å². The topological polar surface area (TPSA) is 75.3 Å². The van der Waals surface area contributed by atoms with Gasteiger partial charge in [-0.3, -0.25) is 4.79 Å². The number of hydrogen-bond donors (Lipinski definition) is 3. The third kappa shape index (κ3) is 5.18. The van der Waals surface area contributed by atoms with E-state index in [9.17, 15) is 9.90 Å². The van der Waals surface area contributed by atoms with Crippen LogP contribution in [0.2, 0.25) is 0 Å². The quantitative estimate of drug-likeness (QED) is 0.654. The Bertz CT molecular complexity index is 218. The predicted molar refractivity (Wildman–Crippen MR) is 67.3 cm³/mol. The van der Waals surface area contributed by atoms with Gasteiger partial charge in [-0.25, -0.2) is 0 Å². The summed E-state index contributed by atoms with van der Waals surface area (Å²) >= 11 is 1.96. The average Bonchev–Trinajstić information content (AvgIpc) is 2.27. The molecule has 1 aliphatic rings. The first-order valence-corrected chi connectivity index (χ1v) is 7.03. The van der Waals surface area contributed by atoms with Crippen molar-refractivity contribution in [1.82, 2.24) is 5.32 Å². The van der Waals surface area contributed by atoms with Crippen LogP contribution in [0.1, 0.15) is 26.2 Å². The number of amides is 1. The van der Waals surface area contributed by atoms with Gasteiger partial charge < -0.3 is 16.2 Å². The molecule has 16 heavy (non-hydrogen) atoms. The standard InChI is InChI=1S/C11H22N2O2S/c1-8(14)10(12)7-13-11(15)6-9-2-4-16-5-3-9/h8-10,14H,2-7,12H2,1H3,(H,13,15). The third-order valence-corrected chi connectivity index (χ3v) is 4.02. The summed E-state index contributed by atoms with van der Waals surface area (Å²) in [6.45, 7) is 1.99. The molecule has 0 aliphatic carbocycles. The zero-order valence-corrected chi connectivity index (χ0v) is 10.6. The predicted octanol–water partition coefficient (Wildman–Crippen LogP) is 0.344. The molecule has 1 saturated heterocycles. The SMILES string of the molecule is CC(O)C(N)CNC(=O)CC1CCSCC1. The molecule has 0 radical (unpaired) electrons. The Morgan fingerprint density at radius 3 is 2.75 bits per heavy atom. The van der Waals surface area contributed by atoms with Gasteiger partial charge in [-0.1, -0.05) is 0 Å². The molecule has 1 aliphatic heterocycles. The van der Waals surface area contributed by atoms with Crippen LogP contribution in [-0.2, 0) is 4.79 Å². The van der Waals surface area contributed by atoms with Crippen LogP contribution in [0.15, 0.2) is 0 Å². The minimum Gasteiger partial charge on any atom is -0.392 e. The van der Waals surface area contributed by atoms with Crippen LogP contribution < -0.4 is 11.1 Å². The van der Waals surface area contributed by atoms with E-state index in [0.29, 0.717) is 18.9 Å². The molecule has 2 unspecified atom stereocenters. The molecule has 1 amide bonds. The highest BCUT2D eigenvalue weighted by molar-refractivity contribution is 7.99. The smallest absolute Gasteiger partial charge is 0.220 e. The molecule has 1 rings (SSSR count). The molecule has 0 aromatic rings. The Morgan fingerprint density at radius 2 is 2.19 bits per heavy atom. The lowest BCUT2D eigenvalue weighted by atomic mass is 9.98. The number of nitrogens with one attached hydrogen (secondary N) is 1. The van der Waals surface area contributed by atoms with Crippen molar-refractivity contribution in [2.45, 2.75) is 38.3 Å². The highest BCUT2D eigenvalue weighted by atomic mass is 32.2. The molecule has 1 fully saturated rings. The number of thioether (sulfide) groups is 1. The summed E-state index contributed by atoms with van der Waals surface area (Å²) in [5.41, 5.74) is 5.63. The molecule has 94 valence electrons. The zero-order valence-electron chi connectivity index (χ0n) is 9.82. The number of rotatable bonds is 5. The Balaban J connectivity index is 2.14. The number of hydrogen-bond acceptors (Lipinski definition) is 4.